The van der Waals surface area contributed by atoms with Crippen LogP contribution >= 0.6 is 11.3 Å². The van der Waals surface area contributed by atoms with Gasteiger partial charge in [-0.2, -0.15) is 0 Å². The Morgan fingerprint density at radius 2 is 2.00 bits per heavy atom. The van der Waals surface area contributed by atoms with Crippen molar-refractivity contribution in [2.75, 3.05) is 11.4 Å². The number of hydrogen-bond donors (Lipinski definition) is 0. The molecule has 1 amide bonds. The van der Waals surface area contributed by atoms with Gasteiger partial charge in [0.15, 0.2) is 5.13 Å². The zero-order chi connectivity index (χ0) is 20.2. The highest BCUT2D eigenvalue weighted by atomic mass is 32.1. The Hall–Kier alpha value is -2.99. The highest BCUT2D eigenvalue weighted by Gasteiger charge is 2.20. The quantitative estimate of drug-likeness (QED) is 0.446. The van der Waals surface area contributed by atoms with Crippen molar-refractivity contribution in [3.8, 4) is 0 Å². The van der Waals surface area contributed by atoms with E-state index in [2.05, 4.69) is 30.1 Å². The molecule has 2 heterocycles. The van der Waals surface area contributed by atoms with Crippen LogP contribution in [-0.2, 0) is 17.8 Å². The Labute approximate surface area is 174 Å². The smallest absolute Gasteiger partial charge is 0.233 e. The van der Waals surface area contributed by atoms with Crippen molar-refractivity contribution in [1.82, 2.24) is 14.5 Å². The number of fused-ring (bicyclic) bond motifs is 1. The number of aromatic nitrogens is 3. The van der Waals surface area contributed by atoms with Gasteiger partial charge >= 0.3 is 0 Å². The molecule has 29 heavy (non-hydrogen) atoms. The molecule has 6 heteroatoms. The molecule has 0 atom stereocenters. The maximum atomic E-state index is 13.2. The summed E-state index contributed by atoms with van der Waals surface area (Å²) >= 11 is 1.58. The zero-order valence-corrected chi connectivity index (χ0v) is 17.5. The van der Waals surface area contributed by atoms with Crippen LogP contribution in [0.4, 0.5) is 5.13 Å². The number of anilines is 1. The van der Waals surface area contributed by atoms with Gasteiger partial charge in [-0.15, -0.1) is 0 Å². The van der Waals surface area contributed by atoms with Crippen LogP contribution < -0.4 is 4.90 Å². The van der Waals surface area contributed by atoms with Crippen molar-refractivity contribution in [2.45, 2.75) is 33.2 Å². The van der Waals surface area contributed by atoms with Gasteiger partial charge < -0.3 is 4.57 Å². The Morgan fingerprint density at radius 1 is 1.14 bits per heavy atom. The first-order chi connectivity index (χ1) is 14.1. The summed E-state index contributed by atoms with van der Waals surface area (Å²) < 4.78 is 3.15. The van der Waals surface area contributed by atoms with Gasteiger partial charge in [-0.25, -0.2) is 9.97 Å². The van der Waals surface area contributed by atoms with Gasteiger partial charge in [0.05, 0.1) is 23.0 Å². The second kappa shape index (κ2) is 8.57. The molecule has 0 N–H and O–H groups in total. The van der Waals surface area contributed by atoms with E-state index < -0.39 is 0 Å². The molecule has 0 spiro atoms. The molecule has 5 nitrogen and oxygen atoms in total. The Bertz CT molecular complexity index is 1120. The van der Waals surface area contributed by atoms with Crippen LogP contribution in [0.25, 0.3) is 10.2 Å². The van der Waals surface area contributed by atoms with Crippen molar-refractivity contribution in [3.05, 3.63) is 77.9 Å². The number of benzene rings is 2. The third-order valence-corrected chi connectivity index (χ3v) is 5.90. The number of thiazole rings is 1. The van der Waals surface area contributed by atoms with Crippen LogP contribution in [0.3, 0.4) is 0 Å². The van der Waals surface area contributed by atoms with E-state index in [1.807, 2.05) is 46.9 Å². The first-order valence-corrected chi connectivity index (χ1v) is 10.6. The van der Waals surface area contributed by atoms with Gasteiger partial charge in [0.2, 0.25) is 5.91 Å². The van der Waals surface area contributed by atoms with E-state index in [1.165, 1.54) is 5.56 Å². The van der Waals surface area contributed by atoms with Gasteiger partial charge in [0, 0.05) is 25.5 Å². The average molecular weight is 405 g/mol. The first-order valence-electron chi connectivity index (χ1n) is 9.77. The van der Waals surface area contributed by atoms with Gasteiger partial charge in [0.25, 0.3) is 0 Å². The maximum Gasteiger partial charge on any atom is 0.233 e. The molecule has 0 aliphatic rings. The molecule has 0 bridgehead atoms. The topological polar surface area (TPSA) is 51.0 Å². The second-order valence-corrected chi connectivity index (χ2v) is 8.34. The number of carbonyl (C=O) groups is 1. The molecular weight excluding hydrogens is 380 g/mol. The van der Waals surface area contributed by atoms with Crippen LogP contribution in [0, 0.1) is 13.8 Å². The van der Waals surface area contributed by atoms with E-state index >= 15 is 0 Å². The summed E-state index contributed by atoms with van der Waals surface area (Å²) in [5.41, 5.74) is 4.34. The summed E-state index contributed by atoms with van der Waals surface area (Å²) in [7, 11) is 0. The van der Waals surface area contributed by atoms with Crippen molar-refractivity contribution in [3.63, 3.8) is 0 Å². The normalized spacial score (nSPS) is 11.1. The van der Waals surface area contributed by atoms with E-state index in [0.717, 1.165) is 39.4 Å². The summed E-state index contributed by atoms with van der Waals surface area (Å²) in [4.78, 5) is 23.9. The molecule has 4 rings (SSSR count). The lowest BCUT2D eigenvalue weighted by Gasteiger charge is -2.20. The average Bonchev–Trinajstić information content (AvgIpc) is 3.34. The van der Waals surface area contributed by atoms with Gasteiger partial charge in [-0.05, 0) is 43.5 Å². The Balaban J connectivity index is 1.57. The molecule has 0 radical (unpaired) electrons. The largest absolute Gasteiger partial charge is 0.337 e. The Kier molecular flexibility index (Phi) is 5.71. The lowest BCUT2D eigenvalue weighted by atomic mass is 10.1. The number of nitrogens with zero attached hydrogens (tertiary/aromatic N) is 4. The van der Waals surface area contributed by atoms with Gasteiger partial charge in [-0.3, -0.25) is 9.69 Å². The number of amides is 1. The fraction of sp³-hybridized carbons (Fsp3) is 0.261. The van der Waals surface area contributed by atoms with Crippen LogP contribution in [-0.4, -0.2) is 27.0 Å². The molecule has 148 valence electrons. The second-order valence-electron chi connectivity index (χ2n) is 7.33. The molecule has 0 aliphatic carbocycles. The number of aryl methyl sites for hydroxylation is 3. The SMILES string of the molecule is Cc1cccc(CC(=O)N(CCCn2ccnc2)c2nc3ccc(C)cc3s2)c1. The van der Waals surface area contributed by atoms with Crippen molar-refractivity contribution >= 4 is 32.6 Å². The highest BCUT2D eigenvalue weighted by Crippen LogP contribution is 2.30. The standard InChI is InChI=1S/C23H24N4OS/c1-17-5-3-6-19(13-17)15-22(28)27(11-4-10-26-12-9-24-16-26)23-25-20-8-7-18(2)14-21(20)29-23/h3,5-9,12-14,16H,4,10-11,15H2,1-2H3. The number of rotatable bonds is 7. The van der Waals surface area contributed by atoms with Crippen LogP contribution in [0.2, 0.25) is 0 Å². The minimum Gasteiger partial charge on any atom is -0.337 e. The molecule has 2 aromatic heterocycles. The molecule has 0 saturated carbocycles. The molecule has 0 saturated heterocycles. The van der Waals surface area contributed by atoms with E-state index in [9.17, 15) is 4.79 Å². The van der Waals surface area contributed by atoms with E-state index in [4.69, 9.17) is 4.98 Å². The summed E-state index contributed by atoms with van der Waals surface area (Å²) in [5, 5.41) is 0.772. The molecule has 0 fully saturated rings. The highest BCUT2D eigenvalue weighted by molar-refractivity contribution is 7.22. The van der Waals surface area contributed by atoms with Crippen molar-refractivity contribution in [2.24, 2.45) is 0 Å². The van der Waals surface area contributed by atoms with Gasteiger partial charge in [0.1, 0.15) is 0 Å². The minimum atomic E-state index is 0.0806. The third-order valence-electron chi connectivity index (χ3n) is 4.86. The van der Waals surface area contributed by atoms with Crippen LogP contribution in [0.15, 0.2) is 61.2 Å². The van der Waals surface area contributed by atoms with Crippen molar-refractivity contribution in [1.29, 1.82) is 0 Å². The molecule has 4 aromatic rings. The summed E-state index contributed by atoms with van der Waals surface area (Å²) in [6.07, 6.45) is 6.74. The fourth-order valence-electron chi connectivity index (χ4n) is 3.38. The monoisotopic (exact) mass is 404 g/mol. The van der Waals surface area contributed by atoms with E-state index in [-0.39, 0.29) is 5.91 Å². The van der Waals surface area contributed by atoms with E-state index in [1.54, 1.807) is 23.9 Å². The lowest BCUT2D eigenvalue weighted by Crippen LogP contribution is -2.33. The van der Waals surface area contributed by atoms with E-state index in [0.29, 0.717) is 13.0 Å². The Morgan fingerprint density at radius 3 is 2.79 bits per heavy atom. The molecular formula is C23H24N4OS. The molecule has 0 unspecified atom stereocenters. The number of imidazole rings is 1. The summed E-state index contributed by atoms with van der Waals surface area (Å²) in [6, 6.07) is 14.3. The van der Waals surface area contributed by atoms with Crippen LogP contribution in [0.5, 0.6) is 0 Å². The first kappa shape index (κ1) is 19.3. The third kappa shape index (κ3) is 4.71. The number of hydrogen-bond acceptors (Lipinski definition) is 4. The van der Waals surface area contributed by atoms with Gasteiger partial charge in [-0.1, -0.05) is 47.2 Å². The maximum absolute atomic E-state index is 13.2. The van der Waals surface area contributed by atoms with Crippen LogP contribution in [0.1, 0.15) is 23.1 Å². The summed E-state index contributed by atoms with van der Waals surface area (Å²) in [5.74, 6) is 0.0806. The fourth-order valence-corrected chi connectivity index (χ4v) is 4.49. The number of carbonyl (C=O) groups excluding carboxylic acids is 1. The molecule has 0 aliphatic heterocycles. The zero-order valence-electron chi connectivity index (χ0n) is 16.7. The predicted molar refractivity (Wildman–Crippen MR) is 118 cm³/mol. The van der Waals surface area contributed by atoms with Crippen molar-refractivity contribution < 1.29 is 4.79 Å². The summed E-state index contributed by atoms with van der Waals surface area (Å²) in [6.45, 7) is 5.57. The molecule has 2 aromatic carbocycles. The predicted octanol–water partition coefficient (Wildman–Crippen LogP) is 4.78. The minimum absolute atomic E-state index is 0.0806. The lowest BCUT2D eigenvalue weighted by molar-refractivity contribution is -0.118.